The van der Waals surface area contributed by atoms with E-state index in [1.807, 2.05) is 20.8 Å². The Morgan fingerprint density at radius 1 is 1.21 bits per heavy atom. The van der Waals surface area contributed by atoms with Crippen molar-refractivity contribution >= 4 is 11.9 Å². The second-order valence-electron chi connectivity index (χ2n) is 9.70. The minimum Gasteiger partial charge on any atom is -0.467 e. The summed E-state index contributed by atoms with van der Waals surface area (Å²) in [6.07, 6.45) is 4.39. The Kier molecular flexibility index (Phi) is 3.66. The summed E-state index contributed by atoms with van der Waals surface area (Å²) >= 11 is 0. The van der Waals surface area contributed by atoms with Gasteiger partial charge in [-0.05, 0) is 35.5 Å². The van der Waals surface area contributed by atoms with Crippen LogP contribution in [-0.4, -0.2) is 42.5 Å². The van der Waals surface area contributed by atoms with Crippen molar-refractivity contribution in [2.75, 3.05) is 13.7 Å². The molecule has 3 rings (SSSR count). The van der Waals surface area contributed by atoms with Gasteiger partial charge in [0.2, 0.25) is 5.91 Å². The molecule has 3 aliphatic rings. The standard InChI is InChI=1S/C19H32N2O3/c1-16(2,3)13(20)14(22)21-11-19(10-12(21)15(23)24-6)17(4,5)18(19)8-7-9-18/h12-13H,7-11,20H2,1-6H3/t12?,13-,19-/m1/s1. The van der Waals surface area contributed by atoms with Crippen LogP contribution in [0, 0.1) is 21.7 Å². The number of hydrogen-bond donors (Lipinski definition) is 1. The highest BCUT2D eigenvalue weighted by atomic mass is 16.5. The summed E-state index contributed by atoms with van der Waals surface area (Å²) in [5.74, 6) is -0.426. The van der Waals surface area contributed by atoms with E-state index in [2.05, 4.69) is 13.8 Å². The molecule has 24 heavy (non-hydrogen) atoms. The molecule has 5 nitrogen and oxygen atoms in total. The van der Waals surface area contributed by atoms with Gasteiger partial charge in [0.05, 0.1) is 13.2 Å². The molecule has 2 spiro atoms. The maximum absolute atomic E-state index is 13.1. The molecule has 3 fully saturated rings. The van der Waals surface area contributed by atoms with Gasteiger partial charge in [0, 0.05) is 12.0 Å². The zero-order valence-corrected chi connectivity index (χ0v) is 15.9. The molecular formula is C19H32N2O3. The number of ether oxygens (including phenoxy) is 1. The monoisotopic (exact) mass is 336 g/mol. The van der Waals surface area contributed by atoms with Gasteiger partial charge >= 0.3 is 5.97 Å². The van der Waals surface area contributed by atoms with Crippen LogP contribution >= 0.6 is 0 Å². The van der Waals surface area contributed by atoms with E-state index in [9.17, 15) is 9.59 Å². The van der Waals surface area contributed by atoms with Crippen molar-refractivity contribution in [1.82, 2.24) is 4.90 Å². The summed E-state index contributed by atoms with van der Waals surface area (Å²) in [5.41, 5.74) is 6.41. The van der Waals surface area contributed by atoms with Crippen molar-refractivity contribution in [3.63, 3.8) is 0 Å². The summed E-state index contributed by atoms with van der Waals surface area (Å²) in [6, 6.07) is -1.10. The summed E-state index contributed by atoms with van der Waals surface area (Å²) in [7, 11) is 1.40. The lowest BCUT2D eigenvalue weighted by atomic mass is 9.73. The zero-order valence-electron chi connectivity index (χ0n) is 15.9. The molecule has 1 amide bonds. The first-order valence-corrected chi connectivity index (χ1v) is 9.09. The molecule has 1 heterocycles. The van der Waals surface area contributed by atoms with Gasteiger partial charge in [-0.2, -0.15) is 0 Å². The number of likely N-dealkylation sites (tertiary alicyclic amines) is 1. The SMILES string of the molecule is COC(=O)C1C[C@@]2(CN1C(=O)[C@@H](N)C(C)(C)C)C(C)(C)C21CCC1. The van der Waals surface area contributed by atoms with E-state index >= 15 is 0 Å². The number of amides is 1. The van der Waals surface area contributed by atoms with Crippen LogP contribution in [0.1, 0.15) is 60.3 Å². The molecule has 3 atom stereocenters. The molecule has 2 aliphatic carbocycles. The highest BCUT2D eigenvalue weighted by molar-refractivity contribution is 5.89. The van der Waals surface area contributed by atoms with Gasteiger partial charge in [-0.1, -0.05) is 41.0 Å². The lowest BCUT2D eigenvalue weighted by Crippen LogP contribution is -2.53. The van der Waals surface area contributed by atoms with E-state index in [0.717, 1.165) is 6.42 Å². The summed E-state index contributed by atoms with van der Waals surface area (Å²) in [4.78, 5) is 27.2. The van der Waals surface area contributed by atoms with E-state index in [-0.39, 0.29) is 28.1 Å². The molecule has 0 aromatic heterocycles. The molecule has 2 N–H and O–H groups in total. The topological polar surface area (TPSA) is 72.6 Å². The Morgan fingerprint density at radius 3 is 2.17 bits per heavy atom. The van der Waals surface area contributed by atoms with E-state index in [4.69, 9.17) is 10.5 Å². The third-order valence-corrected chi connectivity index (χ3v) is 7.77. The van der Waals surface area contributed by atoms with Crippen LogP contribution < -0.4 is 5.73 Å². The molecule has 0 radical (unpaired) electrons. The fourth-order valence-corrected chi connectivity index (χ4v) is 5.73. The first-order valence-electron chi connectivity index (χ1n) is 9.09. The molecular weight excluding hydrogens is 304 g/mol. The number of nitrogens with zero attached hydrogens (tertiary/aromatic N) is 1. The van der Waals surface area contributed by atoms with E-state index in [0.29, 0.717) is 12.0 Å². The van der Waals surface area contributed by atoms with E-state index < -0.39 is 12.1 Å². The van der Waals surface area contributed by atoms with Crippen molar-refractivity contribution in [2.45, 2.75) is 72.4 Å². The number of hydrogen-bond acceptors (Lipinski definition) is 4. The Morgan fingerprint density at radius 2 is 1.79 bits per heavy atom. The average Bonchev–Trinajstić information content (AvgIpc) is 2.71. The van der Waals surface area contributed by atoms with Gasteiger partial charge in [-0.3, -0.25) is 4.79 Å². The van der Waals surface area contributed by atoms with Crippen molar-refractivity contribution in [2.24, 2.45) is 27.4 Å². The van der Waals surface area contributed by atoms with Gasteiger partial charge in [-0.15, -0.1) is 0 Å². The summed E-state index contributed by atoms with van der Waals surface area (Å²) in [5, 5.41) is 0. The lowest BCUT2D eigenvalue weighted by Gasteiger charge is -2.33. The second kappa shape index (κ2) is 4.96. The second-order valence-corrected chi connectivity index (χ2v) is 9.70. The minimum absolute atomic E-state index is 0.0460. The quantitative estimate of drug-likeness (QED) is 0.786. The van der Waals surface area contributed by atoms with Crippen LogP contribution in [0.25, 0.3) is 0 Å². The summed E-state index contributed by atoms with van der Waals surface area (Å²) < 4.78 is 5.02. The van der Waals surface area contributed by atoms with Crippen molar-refractivity contribution < 1.29 is 14.3 Å². The van der Waals surface area contributed by atoms with Crippen LogP contribution in [-0.2, 0) is 14.3 Å². The molecule has 0 aromatic rings. The fourth-order valence-electron chi connectivity index (χ4n) is 5.73. The third kappa shape index (κ3) is 1.91. The van der Waals surface area contributed by atoms with Crippen LogP contribution in [0.2, 0.25) is 0 Å². The highest BCUT2D eigenvalue weighted by Gasteiger charge is 2.85. The van der Waals surface area contributed by atoms with Gasteiger partial charge in [0.15, 0.2) is 0 Å². The number of methoxy groups -OCH3 is 1. The normalized spacial score (nSPS) is 34.1. The number of rotatable bonds is 2. The van der Waals surface area contributed by atoms with Crippen molar-refractivity contribution in [1.29, 1.82) is 0 Å². The maximum Gasteiger partial charge on any atom is 0.328 e. The number of fused-ring (bicyclic) bond motifs is 1. The minimum atomic E-state index is -0.612. The number of carbonyl (C=O) groups is 2. The molecule has 5 heteroatoms. The Balaban J connectivity index is 1.91. The van der Waals surface area contributed by atoms with Crippen LogP contribution in [0.5, 0.6) is 0 Å². The van der Waals surface area contributed by atoms with Crippen LogP contribution in [0.15, 0.2) is 0 Å². The Hall–Kier alpha value is -1.10. The third-order valence-electron chi connectivity index (χ3n) is 7.77. The van der Waals surface area contributed by atoms with Gasteiger partial charge in [0.1, 0.15) is 6.04 Å². The lowest BCUT2D eigenvalue weighted by molar-refractivity contribution is -0.152. The van der Waals surface area contributed by atoms with E-state index in [1.54, 1.807) is 4.90 Å². The molecule has 1 saturated heterocycles. The molecule has 0 bridgehead atoms. The molecule has 2 saturated carbocycles. The predicted octanol–water partition coefficient (Wildman–Crippen LogP) is 2.33. The number of carbonyl (C=O) groups excluding carboxylic acids is 2. The fraction of sp³-hybridized carbons (Fsp3) is 0.895. The van der Waals surface area contributed by atoms with Crippen molar-refractivity contribution in [3.05, 3.63) is 0 Å². The molecule has 136 valence electrons. The van der Waals surface area contributed by atoms with Crippen molar-refractivity contribution in [3.8, 4) is 0 Å². The van der Waals surface area contributed by atoms with E-state index in [1.165, 1.54) is 26.4 Å². The van der Waals surface area contributed by atoms with Gasteiger partial charge < -0.3 is 15.4 Å². The molecule has 1 aliphatic heterocycles. The van der Waals surface area contributed by atoms with Crippen LogP contribution in [0.4, 0.5) is 0 Å². The number of nitrogens with two attached hydrogens (primary N) is 1. The van der Waals surface area contributed by atoms with Gasteiger partial charge in [-0.25, -0.2) is 4.79 Å². The Bertz CT molecular complexity index is 574. The molecule has 0 aromatic carbocycles. The van der Waals surface area contributed by atoms with Gasteiger partial charge in [0.25, 0.3) is 0 Å². The zero-order chi connectivity index (χ0) is 18.1. The first-order chi connectivity index (χ1) is 11.0. The average molecular weight is 336 g/mol. The number of esters is 1. The Labute approximate surface area is 145 Å². The molecule has 1 unspecified atom stereocenters. The largest absolute Gasteiger partial charge is 0.467 e. The predicted molar refractivity (Wildman–Crippen MR) is 92.1 cm³/mol. The van der Waals surface area contributed by atoms with Crippen LogP contribution in [0.3, 0.4) is 0 Å². The summed E-state index contributed by atoms with van der Waals surface area (Å²) in [6.45, 7) is 11.1. The first kappa shape index (κ1) is 17.7. The highest BCUT2D eigenvalue weighted by Crippen LogP contribution is 2.88. The smallest absolute Gasteiger partial charge is 0.328 e. The maximum atomic E-state index is 13.1.